The van der Waals surface area contributed by atoms with Gasteiger partial charge in [-0.15, -0.1) is 6.58 Å². The Balaban J connectivity index is 2.07. The first-order valence-electron chi connectivity index (χ1n) is 7.04. The van der Waals surface area contributed by atoms with Crippen LogP contribution in [0.1, 0.15) is 5.56 Å². The number of aryl methyl sites for hydroxylation is 1. The highest BCUT2D eigenvalue weighted by atomic mass is 32.2. The van der Waals surface area contributed by atoms with Crippen molar-refractivity contribution in [1.82, 2.24) is 0 Å². The third kappa shape index (κ3) is 3.97. The van der Waals surface area contributed by atoms with Gasteiger partial charge in [-0.2, -0.15) is 8.42 Å². The molecule has 2 rings (SSSR count). The summed E-state index contributed by atoms with van der Waals surface area (Å²) in [6, 6.07) is 6.09. The van der Waals surface area contributed by atoms with E-state index in [1.54, 1.807) is 12.1 Å². The molecule has 1 aliphatic heterocycles. The van der Waals surface area contributed by atoms with Gasteiger partial charge in [0.15, 0.2) is 0 Å². The van der Waals surface area contributed by atoms with Crippen molar-refractivity contribution in [1.29, 1.82) is 0 Å². The second-order valence-electron chi connectivity index (χ2n) is 5.40. The Hall–Kier alpha value is -1.29. The lowest BCUT2D eigenvalue weighted by Gasteiger charge is -2.39. The van der Waals surface area contributed by atoms with Crippen LogP contribution in [-0.2, 0) is 19.0 Å². The molecule has 0 aromatic heterocycles. The lowest BCUT2D eigenvalue weighted by molar-refractivity contribution is -0.214. The average Bonchev–Trinajstić information content (AvgIpc) is 2.52. The molecule has 128 valence electrons. The van der Waals surface area contributed by atoms with Crippen LogP contribution in [0.2, 0.25) is 0 Å². The number of hydrogen-bond acceptors (Lipinski definition) is 7. The molecule has 0 saturated carbocycles. The van der Waals surface area contributed by atoms with E-state index in [1.807, 2.05) is 6.92 Å². The molecule has 3 N–H and O–H groups in total. The molecule has 8 heteroatoms. The standard InChI is InChI=1S/C15H20O7S/c1-3-11-13(16)15(18)14(17)12(22-11)8-21-23(19,20)10-6-4-9(2)5-7-10/h3-7,11-18H,1,8H2,2H3/t11-,12+,13-,14+,15+/m0/s1. The van der Waals surface area contributed by atoms with E-state index in [0.29, 0.717) is 0 Å². The zero-order valence-corrected chi connectivity index (χ0v) is 13.4. The average molecular weight is 344 g/mol. The first-order chi connectivity index (χ1) is 10.8. The molecule has 1 aromatic rings. The highest BCUT2D eigenvalue weighted by Gasteiger charge is 2.43. The van der Waals surface area contributed by atoms with Crippen molar-refractivity contribution >= 4 is 10.1 Å². The first kappa shape index (κ1) is 18.1. The van der Waals surface area contributed by atoms with Crippen LogP contribution in [0, 0.1) is 6.92 Å². The Morgan fingerprint density at radius 2 is 1.78 bits per heavy atom. The molecule has 7 nitrogen and oxygen atoms in total. The maximum Gasteiger partial charge on any atom is 0.297 e. The van der Waals surface area contributed by atoms with E-state index in [1.165, 1.54) is 18.2 Å². The van der Waals surface area contributed by atoms with E-state index in [2.05, 4.69) is 6.58 Å². The van der Waals surface area contributed by atoms with Gasteiger partial charge in [0.25, 0.3) is 10.1 Å². The fraction of sp³-hybridized carbons (Fsp3) is 0.467. The number of benzene rings is 1. The van der Waals surface area contributed by atoms with E-state index in [9.17, 15) is 23.7 Å². The van der Waals surface area contributed by atoms with Crippen LogP contribution >= 0.6 is 0 Å². The van der Waals surface area contributed by atoms with Crippen molar-refractivity contribution in [3.63, 3.8) is 0 Å². The van der Waals surface area contributed by atoms with Crippen LogP contribution in [-0.4, -0.2) is 60.9 Å². The number of aliphatic hydroxyl groups excluding tert-OH is 3. The lowest BCUT2D eigenvalue weighted by Crippen LogP contribution is -2.58. The molecule has 23 heavy (non-hydrogen) atoms. The number of rotatable bonds is 5. The molecule has 1 saturated heterocycles. The summed E-state index contributed by atoms with van der Waals surface area (Å²) in [5, 5.41) is 29.3. The van der Waals surface area contributed by atoms with Gasteiger partial charge in [0, 0.05) is 0 Å². The van der Waals surface area contributed by atoms with Crippen LogP contribution < -0.4 is 0 Å². The van der Waals surface area contributed by atoms with Crippen LogP contribution in [0.4, 0.5) is 0 Å². The second kappa shape index (κ2) is 7.08. The summed E-state index contributed by atoms with van der Waals surface area (Å²) in [7, 11) is -4.02. The van der Waals surface area contributed by atoms with Crippen molar-refractivity contribution in [2.45, 2.75) is 42.3 Å². The summed E-state index contributed by atoms with van der Waals surface area (Å²) >= 11 is 0. The Kier molecular flexibility index (Phi) is 5.56. The van der Waals surface area contributed by atoms with Crippen LogP contribution in [0.5, 0.6) is 0 Å². The fourth-order valence-electron chi connectivity index (χ4n) is 2.24. The van der Waals surface area contributed by atoms with Gasteiger partial charge in [0.1, 0.15) is 30.5 Å². The van der Waals surface area contributed by atoms with Gasteiger partial charge in [-0.25, -0.2) is 0 Å². The Morgan fingerprint density at radius 3 is 2.35 bits per heavy atom. The minimum Gasteiger partial charge on any atom is -0.387 e. The van der Waals surface area contributed by atoms with E-state index < -0.39 is 47.2 Å². The molecule has 0 aliphatic carbocycles. The number of ether oxygens (including phenoxy) is 1. The SMILES string of the molecule is C=C[C@@H]1O[C@H](COS(=O)(=O)c2ccc(C)cc2)[C@@H](O)[C@H](O)[C@H]1O. The zero-order valence-electron chi connectivity index (χ0n) is 12.6. The molecule has 1 heterocycles. The number of aliphatic hydroxyl groups is 3. The summed E-state index contributed by atoms with van der Waals surface area (Å²) < 4.78 is 34.4. The molecule has 0 spiro atoms. The fourth-order valence-corrected chi connectivity index (χ4v) is 3.16. The quantitative estimate of drug-likeness (QED) is 0.498. The van der Waals surface area contributed by atoms with Gasteiger partial charge in [-0.3, -0.25) is 4.18 Å². The predicted octanol–water partition coefficient (Wildman–Crippen LogP) is -0.264. The van der Waals surface area contributed by atoms with Crippen molar-refractivity contribution < 1.29 is 32.7 Å². The topological polar surface area (TPSA) is 113 Å². The molecule has 0 bridgehead atoms. The molecule has 1 aromatic carbocycles. The molecule has 5 atom stereocenters. The summed E-state index contributed by atoms with van der Waals surface area (Å²) in [5.41, 5.74) is 0.904. The first-order valence-corrected chi connectivity index (χ1v) is 8.45. The molecule has 0 radical (unpaired) electrons. The highest BCUT2D eigenvalue weighted by molar-refractivity contribution is 7.86. The van der Waals surface area contributed by atoms with Crippen LogP contribution in [0.3, 0.4) is 0 Å². The van der Waals surface area contributed by atoms with Crippen LogP contribution in [0.25, 0.3) is 0 Å². The van der Waals surface area contributed by atoms with Gasteiger partial charge in [-0.05, 0) is 19.1 Å². The normalized spacial score (nSPS) is 31.7. The largest absolute Gasteiger partial charge is 0.387 e. The summed E-state index contributed by atoms with van der Waals surface area (Å²) in [4.78, 5) is -0.0192. The third-order valence-corrected chi connectivity index (χ3v) is 4.97. The number of hydrogen-bond donors (Lipinski definition) is 3. The van der Waals surface area contributed by atoms with Gasteiger partial charge >= 0.3 is 0 Å². The zero-order chi connectivity index (χ0) is 17.2. The van der Waals surface area contributed by atoms with Crippen molar-refractivity contribution in [3.05, 3.63) is 42.5 Å². The van der Waals surface area contributed by atoms with E-state index >= 15 is 0 Å². The Morgan fingerprint density at radius 1 is 1.17 bits per heavy atom. The van der Waals surface area contributed by atoms with Crippen molar-refractivity contribution in [2.75, 3.05) is 6.61 Å². The minimum atomic E-state index is -4.02. The van der Waals surface area contributed by atoms with Crippen molar-refractivity contribution in [2.24, 2.45) is 0 Å². The lowest BCUT2D eigenvalue weighted by atomic mass is 9.95. The van der Waals surface area contributed by atoms with Gasteiger partial charge in [0.05, 0.1) is 11.5 Å². The molecule has 0 unspecified atom stereocenters. The predicted molar refractivity (Wildman–Crippen MR) is 81.2 cm³/mol. The van der Waals surface area contributed by atoms with Gasteiger partial charge in [0.2, 0.25) is 0 Å². The minimum absolute atomic E-state index is 0.0192. The Bertz CT molecular complexity index is 640. The van der Waals surface area contributed by atoms with E-state index in [-0.39, 0.29) is 4.90 Å². The summed E-state index contributed by atoms with van der Waals surface area (Å²) in [6.07, 6.45) is -5.08. The third-order valence-electron chi connectivity index (χ3n) is 3.68. The second-order valence-corrected chi connectivity index (χ2v) is 7.01. The van der Waals surface area contributed by atoms with Crippen molar-refractivity contribution in [3.8, 4) is 0 Å². The molecular formula is C15H20O7S. The van der Waals surface area contributed by atoms with E-state index in [0.717, 1.165) is 5.56 Å². The molecule has 1 aliphatic rings. The Labute approximate surface area is 134 Å². The summed E-state index contributed by atoms with van der Waals surface area (Å²) in [6.45, 7) is 4.79. The maximum atomic E-state index is 12.1. The van der Waals surface area contributed by atoms with Crippen LogP contribution in [0.15, 0.2) is 41.8 Å². The smallest absolute Gasteiger partial charge is 0.297 e. The summed E-state index contributed by atoms with van der Waals surface area (Å²) in [5.74, 6) is 0. The molecule has 0 amide bonds. The monoisotopic (exact) mass is 344 g/mol. The van der Waals surface area contributed by atoms with E-state index in [4.69, 9.17) is 8.92 Å². The maximum absolute atomic E-state index is 12.1. The van der Waals surface area contributed by atoms with Gasteiger partial charge < -0.3 is 20.1 Å². The highest BCUT2D eigenvalue weighted by Crippen LogP contribution is 2.23. The molecule has 1 fully saturated rings. The molecular weight excluding hydrogens is 324 g/mol. The van der Waals surface area contributed by atoms with Gasteiger partial charge in [-0.1, -0.05) is 23.8 Å².